The van der Waals surface area contributed by atoms with Crippen molar-refractivity contribution in [1.29, 1.82) is 0 Å². The molecule has 0 saturated carbocycles. The first-order valence-electron chi connectivity index (χ1n) is 5.74. The number of aliphatic hydroxyl groups excluding tert-OH is 1. The van der Waals surface area contributed by atoms with Crippen LogP contribution in [0.2, 0.25) is 0 Å². The van der Waals surface area contributed by atoms with Gasteiger partial charge in [0.1, 0.15) is 5.75 Å². The van der Waals surface area contributed by atoms with Gasteiger partial charge in [-0.15, -0.1) is 11.8 Å². The molecule has 1 atom stereocenters. The molecule has 0 aliphatic heterocycles. The van der Waals surface area contributed by atoms with E-state index in [0.717, 1.165) is 14.9 Å². The summed E-state index contributed by atoms with van der Waals surface area (Å²) in [4.78, 5) is 5.17. The number of aromatic nitrogens is 1. The van der Waals surface area contributed by atoms with Crippen LogP contribution in [0.3, 0.4) is 0 Å². The number of aliphatic hydroxyl groups is 1. The Morgan fingerprint density at radius 2 is 2.05 bits per heavy atom. The summed E-state index contributed by atoms with van der Waals surface area (Å²) in [6.07, 6.45) is 2.73. The zero-order valence-electron chi connectivity index (χ0n) is 10.4. The molecule has 5 heteroatoms. The lowest BCUT2D eigenvalue weighted by Gasteiger charge is -2.11. The van der Waals surface area contributed by atoms with Gasteiger partial charge < -0.3 is 9.84 Å². The van der Waals surface area contributed by atoms with Crippen molar-refractivity contribution in [1.82, 2.24) is 4.98 Å². The van der Waals surface area contributed by atoms with Gasteiger partial charge in [-0.25, -0.2) is 0 Å². The number of hydrogen-bond donors (Lipinski definition) is 1. The molecular formula is C14H14BrNO2S. The molecule has 0 amide bonds. The third kappa shape index (κ3) is 4.23. The van der Waals surface area contributed by atoms with Crippen molar-refractivity contribution in [3.05, 3.63) is 52.8 Å². The second-order valence-corrected chi connectivity index (χ2v) is 5.95. The maximum atomic E-state index is 10.1. The molecule has 1 N–H and O–H groups in total. The van der Waals surface area contributed by atoms with Gasteiger partial charge in [0.05, 0.1) is 19.4 Å². The van der Waals surface area contributed by atoms with Crippen LogP contribution in [0.25, 0.3) is 0 Å². The molecule has 0 bridgehead atoms. The number of hydrogen-bond acceptors (Lipinski definition) is 4. The van der Waals surface area contributed by atoms with Crippen LogP contribution in [0, 0.1) is 0 Å². The van der Waals surface area contributed by atoms with Crippen molar-refractivity contribution in [2.24, 2.45) is 0 Å². The summed E-state index contributed by atoms with van der Waals surface area (Å²) in [5.41, 5.74) is 0.768. The summed E-state index contributed by atoms with van der Waals surface area (Å²) in [7, 11) is 1.59. The first-order valence-corrected chi connectivity index (χ1v) is 7.52. The van der Waals surface area contributed by atoms with Gasteiger partial charge in [0, 0.05) is 26.9 Å². The highest BCUT2D eigenvalue weighted by Crippen LogP contribution is 2.26. The van der Waals surface area contributed by atoms with Crippen LogP contribution in [-0.4, -0.2) is 23.0 Å². The third-order valence-corrected chi connectivity index (χ3v) is 4.19. The number of pyridine rings is 1. The maximum Gasteiger partial charge on any atom is 0.137 e. The van der Waals surface area contributed by atoms with Crippen molar-refractivity contribution in [3.63, 3.8) is 0 Å². The van der Waals surface area contributed by atoms with Crippen LogP contribution in [0.1, 0.15) is 11.7 Å². The zero-order chi connectivity index (χ0) is 13.7. The second-order valence-electron chi connectivity index (χ2n) is 3.94. The Morgan fingerprint density at radius 3 is 2.74 bits per heavy atom. The molecule has 1 aromatic heterocycles. The van der Waals surface area contributed by atoms with Crippen LogP contribution in [0.15, 0.2) is 52.1 Å². The highest BCUT2D eigenvalue weighted by atomic mass is 79.9. The Bertz CT molecular complexity index is 533. The number of thioether (sulfide) groups is 1. The van der Waals surface area contributed by atoms with Crippen LogP contribution >= 0.6 is 27.7 Å². The monoisotopic (exact) mass is 339 g/mol. The number of benzene rings is 1. The molecule has 0 radical (unpaired) electrons. The van der Waals surface area contributed by atoms with E-state index >= 15 is 0 Å². The molecule has 100 valence electrons. The summed E-state index contributed by atoms with van der Waals surface area (Å²) in [6.45, 7) is 0. The molecule has 1 heterocycles. The van der Waals surface area contributed by atoms with E-state index in [-0.39, 0.29) is 0 Å². The van der Waals surface area contributed by atoms with E-state index in [1.165, 1.54) is 0 Å². The zero-order valence-corrected chi connectivity index (χ0v) is 12.8. The molecule has 19 heavy (non-hydrogen) atoms. The highest BCUT2D eigenvalue weighted by molar-refractivity contribution is 9.10. The average molecular weight is 340 g/mol. The number of methoxy groups -OCH3 is 1. The van der Waals surface area contributed by atoms with E-state index in [0.29, 0.717) is 11.5 Å². The largest absolute Gasteiger partial charge is 0.495 e. The Kier molecular flexibility index (Phi) is 5.24. The molecule has 1 aromatic carbocycles. The van der Waals surface area contributed by atoms with Gasteiger partial charge in [0.25, 0.3) is 0 Å². The average Bonchev–Trinajstić information content (AvgIpc) is 2.46. The fraction of sp³-hybridized carbons (Fsp3) is 0.214. The van der Waals surface area contributed by atoms with E-state index < -0.39 is 6.10 Å². The van der Waals surface area contributed by atoms with Gasteiger partial charge in [-0.1, -0.05) is 15.9 Å². The molecular weight excluding hydrogens is 326 g/mol. The van der Waals surface area contributed by atoms with Crippen molar-refractivity contribution in [2.45, 2.75) is 11.0 Å². The topological polar surface area (TPSA) is 42.4 Å². The van der Waals surface area contributed by atoms with Gasteiger partial charge in [-0.2, -0.15) is 0 Å². The molecule has 3 nitrogen and oxygen atoms in total. The molecule has 0 aliphatic rings. The SMILES string of the molecule is COc1cncc(C(O)CSc2ccc(Br)cc2)c1. The quantitative estimate of drug-likeness (QED) is 0.844. The van der Waals surface area contributed by atoms with Gasteiger partial charge >= 0.3 is 0 Å². The molecule has 1 unspecified atom stereocenters. The lowest BCUT2D eigenvalue weighted by molar-refractivity contribution is 0.203. The van der Waals surface area contributed by atoms with E-state index in [4.69, 9.17) is 4.74 Å². The van der Waals surface area contributed by atoms with Gasteiger partial charge in [0.15, 0.2) is 0 Å². The van der Waals surface area contributed by atoms with E-state index in [2.05, 4.69) is 20.9 Å². The number of rotatable bonds is 5. The van der Waals surface area contributed by atoms with Crippen LogP contribution in [-0.2, 0) is 0 Å². The van der Waals surface area contributed by atoms with E-state index in [1.807, 2.05) is 24.3 Å². The van der Waals surface area contributed by atoms with Gasteiger partial charge in [0.2, 0.25) is 0 Å². The van der Waals surface area contributed by atoms with Crippen LogP contribution in [0.5, 0.6) is 5.75 Å². The number of nitrogens with zero attached hydrogens (tertiary/aromatic N) is 1. The normalized spacial score (nSPS) is 12.2. The van der Waals surface area contributed by atoms with Crippen LogP contribution in [0.4, 0.5) is 0 Å². The summed E-state index contributed by atoms with van der Waals surface area (Å²) in [6, 6.07) is 9.82. The van der Waals surface area contributed by atoms with Crippen molar-refractivity contribution in [2.75, 3.05) is 12.9 Å². The smallest absolute Gasteiger partial charge is 0.137 e. The number of halogens is 1. The standard InChI is InChI=1S/C14H14BrNO2S/c1-18-12-6-10(7-16-8-12)14(17)9-19-13-4-2-11(15)3-5-13/h2-8,14,17H,9H2,1H3. The van der Waals surface area contributed by atoms with Crippen LogP contribution < -0.4 is 4.74 Å². The summed E-state index contributed by atoms with van der Waals surface area (Å²) in [5.74, 6) is 1.24. The summed E-state index contributed by atoms with van der Waals surface area (Å²) >= 11 is 5.00. The minimum absolute atomic E-state index is 0.559. The maximum absolute atomic E-state index is 10.1. The van der Waals surface area contributed by atoms with E-state index in [9.17, 15) is 5.11 Å². The first kappa shape index (κ1) is 14.4. The first-order chi connectivity index (χ1) is 9.19. The molecule has 0 aliphatic carbocycles. The Labute approximate surface area is 125 Å². The Morgan fingerprint density at radius 1 is 1.32 bits per heavy atom. The summed E-state index contributed by atoms with van der Waals surface area (Å²) in [5, 5.41) is 10.1. The molecule has 2 aromatic rings. The predicted octanol–water partition coefficient (Wildman–Crippen LogP) is 3.68. The van der Waals surface area contributed by atoms with Crippen molar-refractivity contribution < 1.29 is 9.84 Å². The Hall–Kier alpha value is -1.04. The molecule has 0 saturated heterocycles. The fourth-order valence-corrected chi connectivity index (χ4v) is 2.67. The fourth-order valence-electron chi connectivity index (χ4n) is 1.53. The molecule has 0 spiro atoms. The van der Waals surface area contributed by atoms with Crippen molar-refractivity contribution >= 4 is 27.7 Å². The van der Waals surface area contributed by atoms with Gasteiger partial charge in [-0.3, -0.25) is 4.98 Å². The van der Waals surface area contributed by atoms with Crippen molar-refractivity contribution in [3.8, 4) is 5.75 Å². The second kappa shape index (κ2) is 6.93. The number of ether oxygens (including phenoxy) is 1. The lowest BCUT2D eigenvalue weighted by atomic mass is 10.2. The molecule has 0 fully saturated rings. The highest BCUT2D eigenvalue weighted by Gasteiger charge is 2.09. The lowest BCUT2D eigenvalue weighted by Crippen LogP contribution is -2.01. The predicted molar refractivity (Wildman–Crippen MR) is 80.6 cm³/mol. The Balaban J connectivity index is 1.96. The summed E-state index contributed by atoms with van der Waals surface area (Å²) < 4.78 is 6.15. The third-order valence-electron chi connectivity index (χ3n) is 2.58. The van der Waals surface area contributed by atoms with Gasteiger partial charge in [-0.05, 0) is 30.3 Å². The molecule has 2 rings (SSSR count). The van der Waals surface area contributed by atoms with E-state index in [1.54, 1.807) is 37.3 Å². The minimum Gasteiger partial charge on any atom is -0.495 e. The minimum atomic E-state index is -0.559.